The van der Waals surface area contributed by atoms with Gasteiger partial charge in [-0.15, -0.1) is 11.6 Å². The lowest BCUT2D eigenvalue weighted by atomic mass is 10.1. The fourth-order valence-corrected chi connectivity index (χ4v) is 2.98. The minimum atomic E-state index is -0.174. The molecule has 0 aliphatic heterocycles. The van der Waals surface area contributed by atoms with Gasteiger partial charge in [-0.25, -0.2) is 0 Å². The van der Waals surface area contributed by atoms with E-state index < -0.39 is 0 Å². The number of nitrogens with two attached hydrogens (primary N) is 1. The quantitative estimate of drug-likeness (QED) is 0.689. The van der Waals surface area contributed by atoms with Gasteiger partial charge < -0.3 is 10.6 Å². The molecule has 3 atom stereocenters. The maximum Gasteiger partial charge on any atom is 0.252 e. The molecule has 0 aromatic heterocycles. The fraction of sp³-hybridized carbons (Fsp3) is 0.357. The molecule has 5 heteroatoms. The van der Waals surface area contributed by atoms with Crippen LogP contribution in [-0.4, -0.2) is 23.4 Å². The third-order valence-corrected chi connectivity index (χ3v) is 3.81. The fourth-order valence-electron chi connectivity index (χ4n) is 2.49. The highest BCUT2D eigenvalue weighted by molar-refractivity contribution is 6.27. The molecule has 0 spiro atoms. The zero-order valence-electron chi connectivity index (χ0n) is 10.4. The summed E-state index contributed by atoms with van der Waals surface area (Å²) in [6, 6.07) is 9.24. The summed E-state index contributed by atoms with van der Waals surface area (Å²) in [5, 5.41) is 0.0130. The summed E-state index contributed by atoms with van der Waals surface area (Å²) >= 11 is 11.7. The van der Waals surface area contributed by atoms with Crippen LogP contribution in [0.15, 0.2) is 41.9 Å². The lowest BCUT2D eigenvalue weighted by Crippen LogP contribution is -2.47. The average molecular weight is 299 g/mol. The summed E-state index contributed by atoms with van der Waals surface area (Å²) in [5.41, 5.74) is 8.14. The molecule has 102 valence electrons. The van der Waals surface area contributed by atoms with Gasteiger partial charge in [0.2, 0.25) is 0 Å². The predicted molar refractivity (Wildman–Crippen MR) is 79.6 cm³/mol. The van der Waals surface area contributed by atoms with Crippen molar-refractivity contribution in [3.63, 3.8) is 0 Å². The minimum Gasteiger partial charge on any atom is -0.326 e. The van der Waals surface area contributed by atoms with E-state index in [-0.39, 0.29) is 23.4 Å². The van der Waals surface area contributed by atoms with Gasteiger partial charge in [0.15, 0.2) is 0 Å². The number of carbonyl (C=O) groups excluding carboxylic acids is 1. The first-order valence-corrected chi connectivity index (χ1v) is 7.05. The number of hydrogen-bond acceptors (Lipinski definition) is 2. The Morgan fingerprint density at radius 1 is 1.32 bits per heavy atom. The smallest absolute Gasteiger partial charge is 0.252 e. The van der Waals surface area contributed by atoms with E-state index >= 15 is 0 Å². The highest BCUT2D eigenvalue weighted by atomic mass is 35.5. The summed E-state index contributed by atoms with van der Waals surface area (Å²) in [5.74, 6) is -0.174. The maximum atomic E-state index is 12.2. The van der Waals surface area contributed by atoms with Gasteiger partial charge in [-0.05, 0) is 25.0 Å². The number of benzene rings is 1. The number of carbonyl (C=O) groups is 1. The average Bonchev–Trinajstić information content (AvgIpc) is 2.70. The van der Waals surface area contributed by atoms with Crippen LogP contribution in [0.3, 0.4) is 0 Å². The molecule has 3 unspecified atom stereocenters. The van der Waals surface area contributed by atoms with Crippen LogP contribution in [0.5, 0.6) is 0 Å². The van der Waals surface area contributed by atoms with Crippen molar-refractivity contribution in [1.29, 1.82) is 0 Å². The molecule has 1 fully saturated rings. The molecule has 0 heterocycles. The van der Waals surface area contributed by atoms with E-state index in [0.717, 1.165) is 5.69 Å². The number of amides is 1. The van der Waals surface area contributed by atoms with E-state index in [1.165, 1.54) is 11.6 Å². The van der Waals surface area contributed by atoms with Crippen LogP contribution < -0.4 is 10.6 Å². The van der Waals surface area contributed by atoms with Crippen molar-refractivity contribution in [2.45, 2.75) is 30.3 Å². The van der Waals surface area contributed by atoms with E-state index in [2.05, 4.69) is 0 Å². The zero-order chi connectivity index (χ0) is 13.8. The highest BCUT2D eigenvalue weighted by Gasteiger charge is 2.37. The largest absolute Gasteiger partial charge is 0.326 e. The van der Waals surface area contributed by atoms with Gasteiger partial charge >= 0.3 is 0 Å². The van der Waals surface area contributed by atoms with Crippen LogP contribution in [0.25, 0.3) is 0 Å². The van der Waals surface area contributed by atoms with Gasteiger partial charge in [0.1, 0.15) is 0 Å². The number of rotatable bonds is 3. The molecule has 2 N–H and O–H groups in total. The van der Waals surface area contributed by atoms with Crippen molar-refractivity contribution >= 4 is 34.8 Å². The lowest BCUT2D eigenvalue weighted by Gasteiger charge is -2.30. The third kappa shape index (κ3) is 3.30. The molecule has 1 saturated carbocycles. The second kappa shape index (κ2) is 6.42. The van der Waals surface area contributed by atoms with Crippen molar-refractivity contribution < 1.29 is 4.79 Å². The third-order valence-electron chi connectivity index (χ3n) is 3.33. The van der Waals surface area contributed by atoms with Gasteiger partial charge in [-0.3, -0.25) is 4.79 Å². The van der Waals surface area contributed by atoms with Gasteiger partial charge in [0, 0.05) is 28.7 Å². The summed E-state index contributed by atoms with van der Waals surface area (Å²) in [4.78, 5) is 13.9. The molecule has 1 aromatic rings. The minimum absolute atomic E-state index is 0.0130. The molecule has 2 rings (SSSR count). The van der Waals surface area contributed by atoms with Crippen molar-refractivity contribution in [3.05, 3.63) is 41.9 Å². The summed E-state index contributed by atoms with van der Waals surface area (Å²) in [6.07, 6.45) is 2.75. The molecular weight excluding hydrogens is 283 g/mol. The first-order chi connectivity index (χ1) is 9.13. The van der Waals surface area contributed by atoms with E-state index in [9.17, 15) is 4.79 Å². The van der Waals surface area contributed by atoms with Crippen LogP contribution in [0.2, 0.25) is 0 Å². The standard InChI is InChI=1S/C14H16Cl2N2O/c15-7-6-14(19)18(11-4-2-1-3-5-11)13-9-10(16)8-12(13)17/h1-7,10,12-13H,8-9,17H2. The second-order valence-corrected chi connectivity index (χ2v) is 5.51. The highest BCUT2D eigenvalue weighted by Crippen LogP contribution is 2.31. The molecule has 1 amide bonds. The Labute approximate surface area is 123 Å². The van der Waals surface area contributed by atoms with Gasteiger partial charge in [0.25, 0.3) is 5.91 Å². The van der Waals surface area contributed by atoms with E-state index in [1.54, 1.807) is 4.90 Å². The van der Waals surface area contributed by atoms with Gasteiger partial charge in [0.05, 0.1) is 6.04 Å². The molecular formula is C14H16Cl2N2O. The normalized spacial score (nSPS) is 26.8. The van der Waals surface area contributed by atoms with E-state index in [4.69, 9.17) is 28.9 Å². The molecule has 0 bridgehead atoms. The van der Waals surface area contributed by atoms with Crippen LogP contribution >= 0.6 is 23.2 Å². The lowest BCUT2D eigenvalue weighted by molar-refractivity contribution is -0.114. The van der Waals surface area contributed by atoms with Crippen molar-refractivity contribution in [2.75, 3.05) is 4.90 Å². The van der Waals surface area contributed by atoms with Crippen LogP contribution in [0.4, 0.5) is 5.69 Å². The Bertz CT molecular complexity index is 464. The Morgan fingerprint density at radius 3 is 2.53 bits per heavy atom. The first kappa shape index (κ1) is 14.4. The number of alkyl halides is 1. The molecule has 0 saturated heterocycles. The van der Waals surface area contributed by atoms with E-state index in [1.807, 2.05) is 30.3 Å². The second-order valence-electron chi connectivity index (χ2n) is 4.64. The summed E-state index contributed by atoms with van der Waals surface area (Å²) in [6.45, 7) is 0. The van der Waals surface area contributed by atoms with Gasteiger partial charge in [-0.2, -0.15) is 0 Å². The van der Waals surface area contributed by atoms with Crippen molar-refractivity contribution in [1.82, 2.24) is 0 Å². The molecule has 19 heavy (non-hydrogen) atoms. The number of hydrogen-bond donors (Lipinski definition) is 1. The Morgan fingerprint density at radius 2 is 2.00 bits per heavy atom. The predicted octanol–water partition coefficient (Wildman–Crippen LogP) is 2.87. The van der Waals surface area contributed by atoms with Crippen LogP contribution in [0.1, 0.15) is 12.8 Å². The van der Waals surface area contributed by atoms with Crippen molar-refractivity contribution in [2.24, 2.45) is 5.73 Å². The van der Waals surface area contributed by atoms with Crippen LogP contribution in [-0.2, 0) is 4.79 Å². The SMILES string of the molecule is NC1CC(Cl)CC1N(C(=O)C=CCl)c1ccccc1. The first-order valence-electron chi connectivity index (χ1n) is 6.18. The number of para-hydroxylation sites is 1. The van der Waals surface area contributed by atoms with E-state index in [0.29, 0.717) is 12.8 Å². The molecule has 3 nitrogen and oxygen atoms in total. The Kier molecular flexibility index (Phi) is 4.86. The Hall–Kier alpha value is -1.03. The topological polar surface area (TPSA) is 46.3 Å². The number of anilines is 1. The van der Waals surface area contributed by atoms with Gasteiger partial charge in [-0.1, -0.05) is 29.8 Å². The summed E-state index contributed by atoms with van der Waals surface area (Å²) < 4.78 is 0. The van der Waals surface area contributed by atoms with Crippen LogP contribution in [0, 0.1) is 0 Å². The number of nitrogens with zero attached hydrogens (tertiary/aromatic N) is 1. The summed E-state index contributed by atoms with van der Waals surface area (Å²) in [7, 11) is 0. The Balaban J connectivity index is 2.32. The molecule has 0 radical (unpaired) electrons. The molecule has 1 aliphatic carbocycles. The number of halogens is 2. The van der Waals surface area contributed by atoms with Crippen molar-refractivity contribution in [3.8, 4) is 0 Å². The molecule has 1 aromatic carbocycles. The maximum absolute atomic E-state index is 12.2. The molecule has 1 aliphatic rings. The monoisotopic (exact) mass is 298 g/mol. The zero-order valence-corrected chi connectivity index (χ0v) is 11.9.